The van der Waals surface area contributed by atoms with Crippen LogP contribution in [0.15, 0.2) is 18.2 Å². The Morgan fingerprint density at radius 1 is 1.60 bits per heavy atom. The Balaban J connectivity index is 1.90. The first kappa shape index (κ1) is 14.6. The largest absolute Gasteiger partial charge is 0.376 e. The van der Waals surface area contributed by atoms with E-state index in [4.69, 9.17) is 17.0 Å². The highest BCUT2D eigenvalue weighted by Crippen LogP contribution is 2.21. The molecule has 0 bridgehead atoms. The fraction of sp³-hybridized carbons (Fsp3) is 0.417. The number of nitro groups is 1. The third kappa shape index (κ3) is 3.84. The molecule has 0 radical (unpaired) electrons. The van der Waals surface area contributed by atoms with Gasteiger partial charge < -0.3 is 15.4 Å². The predicted octanol–water partition coefficient (Wildman–Crippen LogP) is 2.20. The van der Waals surface area contributed by atoms with Gasteiger partial charge in [0.2, 0.25) is 5.82 Å². The Morgan fingerprint density at radius 3 is 3.05 bits per heavy atom. The summed E-state index contributed by atoms with van der Waals surface area (Å²) in [7, 11) is 0. The standard InChI is InChI=1S/C12H14FN3O3S/c13-10-4-3-8(6-11(10)16(17)18)15-12(20)14-7-9-2-1-5-19-9/h3-4,6,9H,1-2,5,7H2,(H2,14,15,20). The summed E-state index contributed by atoms with van der Waals surface area (Å²) in [5.74, 6) is -0.876. The first-order chi connectivity index (χ1) is 9.56. The number of anilines is 1. The highest BCUT2D eigenvalue weighted by molar-refractivity contribution is 7.80. The second kappa shape index (κ2) is 6.58. The molecule has 0 spiro atoms. The molecule has 20 heavy (non-hydrogen) atoms. The molecular weight excluding hydrogens is 285 g/mol. The number of nitro benzene ring substituents is 1. The summed E-state index contributed by atoms with van der Waals surface area (Å²) in [6.45, 7) is 1.34. The van der Waals surface area contributed by atoms with E-state index in [-0.39, 0.29) is 6.10 Å². The number of nitrogens with zero attached hydrogens (tertiary/aromatic N) is 1. The maximum atomic E-state index is 13.2. The lowest BCUT2D eigenvalue weighted by Crippen LogP contribution is -2.34. The van der Waals surface area contributed by atoms with E-state index < -0.39 is 16.4 Å². The molecule has 1 unspecified atom stereocenters. The zero-order chi connectivity index (χ0) is 14.5. The highest BCUT2D eigenvalue weighted by Gasteiger charge is 2.16. The average molecular weight is 299 g/mol. The first-order valence-corrected chi connectivity index (χ1v) is 6.57. The highest BCUT2D eigenvalue weighted by atomic mass is 32.1. The maximum Gasteiger partial charge on any atom is 0.306 e. The van der Waals surface area contributed by atoms with Crippen LogP contribution in [-0.4, -0.2) is 29.3 Å². The molecule has 108 valence electrons. The van der Waals surface area contributed by atoms with Crippen LogP contribution in [0.2, 0.25) is 0 Å². The molecule has 1 aliphatic heterocycles. The molecule has 2 N–H and O–H groups in total. The smallest absolute Gasteiger partial charge is 0.306 e. The first-order valence-electron chi connectivity index (χ1n) is 6.16. The zero-order valence-corrected chi connectivity index (χ0v) is 11.4. The van der Waals surface area contributed by atoms with Gasteiger partial charge in [-0.3, -0.25) is 10.1 Å². The van der Waals surface area contributed by atoms with Gasteiger partial charge in [0.1, 0.15) is 0 Å². The van der Waals surface area contributed by atoms with Crippen LogP contribution in [0.5, 0.6) is 0 Å². The molecule has 1 aromatic rings. The van der Waals surface area contributed by atoms with E-state index in [1.165, 1.54) is 6.07 Å². The van der Waals surface area contributed by atoms with E-state index in [1.54, 1.807) is 0 Å². The molecule has 1 heterocycles. The van der Waals surface area contributed by atoms with Gasteiger partial charge in [0.05, 0.1) is 11.0 Å². The normalized spacial score (nSPS) is 17.8. The lowest BCUT2D eigenvalue weighted by molar-refractivity contribution is -0.387. The Kier molecular flexibility index (Phi) is 4.80. The molecule has 8 heteroatoms. The van der Waals surface area contributed by atoms with Crippen molar-refractivity contribution in [2.24, 2.45) is 0 Å². The van der Waals surface area contributed by atoms with E-state index in [9.17, 15) is 14.5 Å². The number of nitrogens with one attached hydrogen (secondary N) is 2. The Morgan fingerprint density at radius 2 is 2.40 bits per heavy atom. The molecule has 0 amide bonds. The van der Waals surface area contributed by atoms with Gasteiger partial charge in [-0.1, -0.05) is 0 Å². The molecule has 1 aromatic carbocycles. The van der Waals surface area contributed by atoms with Gasteiger partial charge in [-0.2, -0.15) is 4.39 Å². The summed E-state index contributed by atoms with van der Waals surface area (Å²) < 4.78 is 18.6. The van der Waals surface area contributed by atoms with Crippen molar-refractivity contribution in [3.8, 4) is 0 Å². The number of rotatable bonds is 4. The van der Waals surface area contributed by atoms with Crippen LogP contribution in [0.25, 0.3) is 0 Å². The zero-order valence-electron chi connectivity index (χ0n) is 10.6. The second-order valence-corrected chi connectivity index (χ2v) is 4.80. The molecule has 6 nitrogen and oxygen atoms in total. The van der Waals surface area contributed by atoms with Crippen molar-refractivity contribution in [3.63, 3.8) is 0 Å². The minimum absolute atomic E-state index is 0.136. The second-order valence-electron chi connectivity index (χ2n) is 4.39. The lowest BCUT2D eigenvalue weighted by Gasteiger charge is -2.14. The number of hydrogen-bond acceptors (Lipinski definition) is 4. The molecule has 1 fully saturated rings. The molecule has 0 aliphatic carbocycles. The molecule has 1 saturated heterocycles. The number of benzene rings is 1. The molecule has 1 aliphatic rings. The number of halogens is 1. The Labute approximate surface area is 120 Å². The third-order valence-corrected chi connectivity index (χ3v) is 3.16. The fourth-order valence-corrected chi connectivity index (χ4v) is 2.12. The van der Waals surface area contributed by atoms with Gasteiger partial charge in [0.15, 0.2) is 5.11 Å². The Bertz CT molecular complexity index is 521. The van der Waals surface area contributed by atoms with Crippen LogP contribution in [0.4, 0.5) is 15.8 Å². The van der Waals surface area contributed by atoms with Crippen molar-refractivity contribution in [3.05, 3.63) is 34.1 Å². The van der Waals surface area contributed by atoms with Gasteiger partial charge >= 0.3 is 5.69 Å². The molecule has 0 saturated carbocycles. The SMILES string of the molecule is O=[N+]([O-])c1cc(NC(=S)NCC2CCCO2)ccc1F. The summed E-state index contributed by atoms with van der Waals surface area (Å²) in [6, 6.07) is 3.53. The van der Waals surface area contributed by atoms with Crippen LogP contribution < -0.4 is 10.6 Å². The monoisotopic (exact) mass is 299 g/mol. The van der Waals surface area contributed by atoms with Gasteiger partial charge in [-0.05, 0) is 37.2 Å². The van der Waals surface area contributed by atoms with Crippen molar-refractivity contribution in [2.45, 2.75) is 18.9 Å². The van der Waals surface area contributed by atoms with E-state index in [0.717, 1.165) is 31.6 Å². The fourth-order valence-electron chi connectivity index (χ4n) is 1.92. The quantitative estimate of drug-likeness (QED) is 0.504. The predicted molar refractivity (Wildman–Crippen MR) is 76.3 cm³/mol. The maximum absolute atomic E-state index is 13.2. The van der Waals surface area contributed by atoms with Gasteiger partial charge in [-0.15, -0.1) is 0 Å². The summed E-state index contributed by atoms with van der Waals surface area (Å²) in [4.78, 5) is 9.86. The molecule has 2 rings (SSSR count). The van der Waals surface area contributed by atoms with Crippen molar-refractivity contribution in [1.29, 1.82) is 0 Å². The van der Waals surface area contributed by atoms with Crippen molar-refractivity contribution in [2.75, 3.05) is 18.5 Å². The van der Waals surface area contributed by atoms with Crippen LogP contribution in [0.1, 0.15) is 12.8 Å². The number of hydrogen-bond donors (Lipinski definition) is 2. The van der Waals surface area contributed by atoms with Crippen LogP contribution in [0.3, 0.4) is 0 Å². The summed E-state index contributed by atoms with van der Waals surface area (Å²) in [6.07, 6.45) is 2.16. The van der Waals surface area contributed by atoms with Gasteiger partial charge in [-0.25, -0.2) is 0 Å². The minimum Gasteiger partial charge on any atom is -0.376 e. The third-order valence-electron chi connectivity index (χ3n) is 2.91. The van der Waals surface area contributed by atoms with Crippen molar-refractivity contribution in [1.82, 2.24) is 5.32 Å². The van der Waals surface area contributed by atoms with Gasteiger partial charge in [0, 0.05) is 24.9 Å². The average Bonchev–Trinajstić information content (AvgIpc) is 2.91. The summed E-state index contributed by atoms with van der Waals surface area (Å²) in [5, 5.41) is 16.7. The molecule has 0 aromatic heterocycles. The summed E-state index contributed by atoms with van der Waals surface area (Å²) >= 11 is 5.07. The lowest BCUT2D eigenvalue weighted by atomic mass is 10.2. The van der Waals surface area contributed by atoms with Crippen LogP contribution in [0, 0.1) is 15.9 Å². The topological polar surface area (TPSA) is 76.4 Å². The van der Waals surface area contributed by atoms with Crippen LogP contribution >= 0.6 is 12.2 Å². The van der Waals surface area contributed by atoms with E-state index in [2.05, 4.69) is 10.6 Å². The number of thiocarbonyl (C=S) groups is 1. The number of ether oxygens (including phenoxy) is 1. The van der Waals surface area contributed by atoms with E-state index >= 15 is 0 Å². The van der Waals surface area contributed by atoms with Crippen LogP contribution in [-0.2, 0) is 4.74 Å². The molecular formula is C12H14FN3O3S. The van der Waals surface area contributed by atoms with Gasteiger partial charge in [0.25, 0.3) is 0 Å². The minimum atomic E-state index is -0.876. The Hall–Kier alpha value is -1.80. The van der Waals surface area contributed by atoms with E-state index in [1.807, 2.05) is 0 Å². The van der Waals surface area contributed by atoms with E-state index in [0.29, 0.717) is 17.3 Å². The summed E-state index contributed by atoms with van der Waals surface area (Å²) in [5.41, 5.74) is -0.222. The van der Waals surface area contributed by atoms with Crippen molar-refractivity contribution < 1.29 is 14.1 Å². The molecule has 1 atom stereocenters. The van der Waals surface area contributed by atoms with Crippen molar-refractivity contribution >= 4 is 28.7 Å².